The number of ether oxygens (including phenoxy) is 1. The van der Waals surface area contributed by atoms with E-state index in [0.717, 1.165) is 21.3 Å². The van der Waals surface area contributed by atoms with Gasteiger partial charge < -0.3 is 20.3 Å². The van der Waals surface area contributed by atoms with Crippen LogP contribution in [0, 0.1) is 6.92 Å². The lowest BCUT2D eigenvalue weighted by Gasteiger charge is -2.28. The highest BCUT2D eigenvalue weighted by Gasteiger charge is 2.25. The summed E-state index contributed by atoms with van der Waals surface area (Å²) < 4.78 is 29.2. The number of sulfone groups is 1. The summed E-state index contributed by atoms with van der Waals surface area (Å²) in [5.41, 5.74) is 1.98. The van der Waals surface area contributed by atoms with E-state index in [1.807, 2.05) is 6.92 Å². The van der Waals surface area contributed by atoms with Crippen molar-refractivity contribution in [1.82, 2.24) is 5.32 Å². The van der Waals surface area contributed by atoms with Crippen molar-refractivity contribution < 1.29 is 27.5 Å². The fraction of sp³-hybridized carbons (Fsp3) is 0.381. The first-order valence-corrected chi connectivity index (χ1v) is 13.7. The number of aryl methyl sites for hydroxylation is 1. The maximum absolute atomic E-state index is 12.9. The van der Waals surface area contributed by atoms with E-state index in [4.69, 9.17) is 4.74 Å². The number of rotatable bonds is 8. The predicted molar refractivity (Wildman–Crippen MR) is 131 cm³/mol. The smallest absolute Gasteiger partial charge is 0.262 e. The van der Waals surface area contributed by atoms with E-state index < -0.39 is 27.7 Å². The first kappa shape index (κ1) is 25.3. The lowest BCUT2D eigenvalue weighted by molar-refractivity contribution is -0.125. The Morgan fingerprint density at radius 2 is 2.03 bits per heavy atom. The Labute approximate surface area is 204 Å². The van der Waals surface area contributed by atoms with Crippen molar-refractivity contribution in [2.24, 2.45) is 0 Å². The van der Waals surface area contributed by atoms with Gasteiger partial charge in [0.2, 0.25) is 5.91 Å². The SMILES string of the molecule is Cc1cc(NC(=O)C(CCS(C)(=O)=O)NC(=O)c2ccc(Br)s2)ccc1N1CCOCC1=O. The zero-order valence-corrected chi connectivity index (χ0v) is 21.3. The molecule has 1 aliphatic heterocycles. The lowest BCUT2D eigenvalue weighted by atomic mass is 10.1. The minimum absolute atomic E-state index is 0.0282. The van der Waals surface area contributed by atoms with E-state index in [9.17, 15) is 22.8 Å². The van der Waals surface area contributed by atoms with Crippen LogP contribution in [0.2, 0.25) is 0 Å². The van der Waals surface area contributed by atoms with Crippen LogP contribution in [0.5, 0.6) is 0 Å². The van der Waals surface area contributed by atoms with Gasteiger partial charge in [0.1, 0.15) is 22.5 Å². The van der Waals surface area contributed by atoms with Crippen LogP contribution in [0.15, 0.2) is 34.1 Å². The normalized spacial score (nSPS) is 15.2. The highest BCUT2D eigenvalue weighted by Crippen LogP contribution is 2.25. The van der Waals surface area contributed by atoms with Crippen molar-refractivity contribution in [3.8, 4) is 0 Å². The number of nitrogens with one attached hydrogen (secondary N) is 2. The average Bonchev–Trinajstić information content (AvgIpc) is 3.17. The van der Waals surface area contributed by atoms with Crippen LogP contribution in [-0.2, 0) is 24.2 Å². The van der Waals surface area contributed by atoms with Crippen molar-refractivity contribution in [3.63, 3.8) is 0 Å². The standard InChI is InChI=1S/C21H24BrN3O6S2/c1-13-11-14(3-4-16(13)25-8-9-31-12-19(25)26)23-20(27)15(7-10-33(2,29)30)24-21(28)17-5-6-18(22)32-17/h3-6,11,15H,7-10,12H2,1-2H3,(H,23,27)(H,24,28). The number of carbonyl (C=O) groups is 3. The summed E-state index contributed by atoms with van der Waals surface area (Å²) in [6.45, 7) is 2.75. The van der Waals surface area contributed by atoms with Crippen LogP contribution in [0.3, 0.4) is 0 Å². The second kappa shape index (κ2) is 10.8. The summed E-state index contributed by atoms with van der Waals surface area (Å²) in [5, 5.41) is 5.37. The molecule has 0 saturated carbocycles. The van der Waals surface area contributed by atoms with Gasteiger partial charge in [-0.1, -0.05) is 0 Å². The number of anilines is 2. The van der Waals surface area contributed by atoms with Crippen LogP contribution in [0.25, 0.3) is 0 Å². The number of hydrogen-bond donors (Lipinski definition) is 2. The van der Waals surface area contributed by atoms with Crippen molar-refractivity contribution in [2.45, 2.75) is 19.4 Å². The quantitative estimate of drug-likeness (QED) is 0.513. The Bertz CT molecular complexity index is 1160. The third-order valence-corrected chi connectivity index (χ3v) is 7.54. The molecular formula is C21H24BrN3O6S2. The molecule has 2 aromatic rings. The summed E-state index contributed by atoms with van der Waals surface area (Å²) >= 11 is 4.50. The first-order chi connectivity index (χ1) is 15.5. The molecule has 3 amide bonds. The largest absolute Gasteiger partial charge is 0.370 e. The summed E-state index contributed by atoms with van der Waals surface area (Å²) in [6.07, 6.45) is 1.01. The molecule has 178 valence electrons. The third kappa shape index (κ3) is 7.10. The van der Waals surface area contributed by atoms with E-state index in [0.29, 0.717) is 23.7 Å². The number of amides is 3. The van der Waals surface area contributed by atoms with Gasteiger partial charge in [0.05, 0.1) is 21.0 Å². The van der Waals surface area contributed by atoms with E-state index in [1.165, 1.54) is 11.3 Å². The van der Waals surface area contributed by atoms with Gasteiger partial charge in [-0.25, -0.2) is 8.42 Å². The van der Waals surface area contributed by atoms with Crippen LogP contribution in [-0.4, -0.2) is 63.9 Å². The van der Waals surface area contributed by atoms with Gasteiger partial charge >= 0.3 is 0 Å². The Morgan fingerprint density at radius 3 is 2.64 bits per heavy atom. The fourth-order valence-electron chi connectivity index (χ4n) is 3.30. The maximum atomic E-state index is 12.9. The number of morpholine rings is 1. The highest BCUT2D eigenvalue weighted by molar-refractivity contribution is 9.11. The number of thiophene rings is 1. The zero-order valence-electron chi connectivity index (χ0n) is 18.1. The van der Waals surface area contributed by atoms with Gasteiger partial charge in [-0.2, -0.15) is 0 Å². The van der Waals surface area contributed by atoms with E-state index in [2.05, 4.69) is 26.6 Å². The fourth-order valence-corrected chi connectivity index (χ4v) is 5.26. The summed E-state index contributed by atoms with van der Waals surface area (Å²) in [7, 11) is -3.34. The molecule has 1 aromatic carbocycles. The predicted octanol–water partition coefficient (Wildman–Crippen LogP) is 2.35. The number of nitrogens with zero attached hydrogens (tertiary/aromatic N) is 1. The molecule has 2 N–H and O–H groups in total. The van der Waals surface area contributed by atoms with Gasteiger partial charge in [0, 0.05) is 24.2 Å². The Morgan fingerprint density at radius 1 is 1.27 bits per heavy atom. The Hall–Kier alpha value is -2.28. The molecule has 1 aromatic heterocycles. The van der Waals surface area contributed by atoms with Gasteiger partial charge in [0.15, 0.2) is 0 Å². The van der Waals surface area contributed by atoms with Crippen molar-refractivity contribution in [3.05, 3.63) is 44.6 Å². The van der Waals surface area contributed by atoms with Crippen LogP contribution in [0.4, 0.5) is 11.4 Å². The van der Waals surface area contributed by atoms with Gasteiger partial charge in [0.25, 0.3) is 11.8 Å². The molecule has 0 radical (unpaired) electrons. The number of carbonyl (C=O) groups excluding carboxylic acids is 3. The zero-order chi connectivity index (χ0) is 24.2. The van der Waals surface area contributed by atoms with E-state index in [1.54, 1.807) is 35.2 Å². The summed E-state index contributed by atoms with van der Waals surface area (Å²) in [5.74, 6) is -1.38. The van der Waals surface area contributed by atoms with E-state index >= 15 is 0 Å². The van der Waals surface area contributed by atoms with Gasteiger partial charge in [-0.3, -0.25) is 14.4 Å². The van der Waals surface area contributed by atoms with Crippen LogP contribution in [0.1, 0.15) is 21.7 Å². The second-order valence-electron chi connectivity index (χ2n) is 7.64. The summed E-state index contributed by atoms with van der Waals surface area (Å²) in [4.78, 5) is 39.6. The van der Waals surface area contributed by atoms with Gasteiger partial charge in [-0.05, 0) is 65.2 Å². The molecule has 2 heterocycles. The van der Waals surface area contributed by atoms with Crippen LogP contribution < -0.4 is 15.5 Å². The molecule has 0 aliphatic carbocycles. The average molecular weight is 558 g/mol. The highest BCUT2D eigenvalue weighted by atomic mass is 79.9. The maximum Gasteiger partial charge on any atom is 0.262 e. The molecule has 1 atom stereocenters. The number of benzene rings is 1. The van der Waals surface area contributed by atoms with Gasteiger partial charge in [-0.15, -0.1) is 11.3 Å². The molecule has 1 aliphatic rings. The Balaban J connectivity index is 1.74. The minimum atomic E-state index is -3.34. The van der Waals surface area contributed by atoms with Crippen LogP contribution >= 0.6 is 27.3 Å². The van der Waals surface area contributed by atoms with Crippen molar-refractivity contribution in [1.29, 1.82) is 0 Å². The second-order valence-corrected chi connectivity index (χ2v) is 12.4. The monoisotopic (exact) mass is 557 g/mol. The topological polar surface area (TPSA) is 122 Å². The molecule has 0 spiro atoms. The molecule has 3 rings (SSSR count). The molecular weight excluding hydrogens is 534 g/mol. The van der Waals surface area contributed by atoms with Crippen molar-refractivity contribution >= 4 is 66.2 Å². The lowest BCUT2D eigenvalue weighted by Crippen LogP contribution is -2.44. The summed E-state index contributed by atoms with van der Waals surface area (Å²) in [6, 6.07) is 7.41. The van der Waals surface area contributed by atoms with E-state index in [-0.39, 0.29) is 24.7 Å². The Kier molecular flexibility index (Phi) is 8.27. The number of halogens is 1. The molecule has 12 heteroatoms. The molecule has 33 heavy (non-hydrogen) atoms. The number of hydrogen-bond acceptors (Lipinski definition) is 7. The first-order valence-electron chi connectivity index (χ1n) is 10.1. The molecule has 0 bridgehead atoms. The molecule has 1 saturated heterocycles. The van der Waals surface area contributed by atoms with Crippen molar-refractivity contribution in [2.75, 3.05) is 42.0 Å². The molecule has 1 unspecified atom stereocenters. The third-order valence-electron chi connectivity index (χ3n) is 4.94. The molecule has 9 nitrogen and oxygen atoms in total. The minimum Gasteiger partial charge on any atom is -0.370 e. The molecule has 1 fully saturated rings.